The fourth-order valence-electron chi connectivity index (χ4n) is 8.16. The van der Waals surface area contributed by atoms with Gasteiger partial charge in [-0.15, -0.1) is 0 Å². The van der Waals surface area contributed by atoms with Crippen molar-refractivity contribution in [3.8, 4) is 61.7 Å². The van der Waals surface area contributed by atoms with Gasteiger partial charge in [0.1, 0.15) is 11.5 Å². The summed E-state index contributed by atoms with van der Waals surface area (Å²) in [6.45, 7) is 2.17. The monoisotopic (exact) mass is 665 g/mol. The van der Waals surface area contributed by atoms with Gasteiger partial charge in [-0.3, -0.25) is 0 Å². The third kappa shape index (κ3) is 5.03. The number of benzene rings is 8. The number of rotatable bonds is 6. The number of para-hydroxylation sites is 3. The molecule has 0 bridgehead atoms. The number of aromatic nitrogens is 1. The van der Waals surface area contributed by atoms with Gasteiger partial charge < -0.3 is 9.30 Å². The Hall–Kier alpha value is -6.64. The topological polar surface area (TPSA) is 14.2 Å². The summed E-state index contributed by atoms with van der Waals surface area (Å²) in [5.41, 5.74) is 17.4. The van der Waals surface area contributed by atoms with Crippen LogP contribution in [0, 0.1) is 6.92 Å². The number of nitrogens with zero attached hydrogens (tertiary/aromatic N) is 1. The quantitative estimate of drug-likeness (QED) is 0.172. The zero-order valence-corrected chi connectivity index (χ0v) is 28.9. The molecule has 246 valence electrons. The Bertz CT molecular complexity index is 2810. The molecule has 0 saturated carbocycles. The average Bonchev–Trinajstić information content (AvgIpc) is 3.75. The van der Waals surface area contributed by atoms with Gasteiger partial charge in [0.15, 0.2) is 0 Å². The minimum absolute atomic E-state index is 0.828. The summed E-state index contributed by atoms with van der Waals surface area (Å²) >= 11 is 0. The normalized spacial score (nSPS) is 11.9. The first-order chi connectivity index (χ1) is 25.7. The largest absolute Gasteiger partial charge is 0.457 e. The molecule has 1 aliphatic carbocycles. The van der Waals surface area contributed by atoms with E-state index in [2.05, 4.69) is 151 Å². The SMILES string of the molecule is Cc1ccc(-c2ccc3c(c2)c2ccccc2n3-c2cccc(-c3cccc4c3-c3ccccc3C4)c2)cc1-c1ccccc1Oc1ccccc1. The minimum atomic E-state index is 0.828. The lowest BCUT2D eigenvalue weighted by atomic mass is 9.94. The lowest BCUT2D eigenvalue weighted by Crippen LogP contribution is -1.95. The zero-order valence-electron chi connectivity index (χ0n) is 28.9. The zero-order chi connectivity index (χ0) is 34.6. The third-order valence-corrected chi connectivity index (χ3v) is 10.6. The molecule has 0 spiro atoms. The van der Waals surface area contributed by atoms with E-state index < -0.39 is 0 Å². The smallest absolute Gasteiger partial charge is 0.135 e. The van der Waals surface area contributed by atoms with Crippen LogP contribution in [0.25, 0.3) is 72.0 Å². The Morgan fingerprint density at radius 2 is 1.13 bits per heavy atom. The molecule has 0 saturated heterocycles. The molecule has 1 heterocycles. The third-order valence-electron chi connectivity index (χ3n) is 10.6. The van der Waals surface area contributed by atoms with Crippen LogP contribution in [0.15, 0.2) is 182 Å². The van der Waals surface area contributed by atoms with E-state index in [1.807, 2.05) is 42.5 Å². The number of aryl methyl sites for hydroxylation is 1. The summed E-state index contributed by atoms with van der Waals surface area (Å²) in [4.78, 5) is 0. The highest BCUT2D eigenvalue weighted by Crippen LogP contribution is 2.44. The highest BCUT2D eigenvalue weighted by atomic mass is 16.5. The van der Waals surface area contributed by atoms with Crippen LogP contribution in [-0.4, -0.2) is 4.57 Å². The molecule has 0 amide bonds. The van der Waals surface area contributed by atoms with Gasteiger partial charge in [-0.25, -0.2) is 0 Å². The van der Waals surface area contributed by atoms with E-state index in [9.17, 15) is 0 Å². The molecule has 0 N–H and O–H groups in total. The molecule has 0 atom stereocenters. The fraction of sp³-hybridized carbons (Fsp3) is 0.0400. The van der Waals surface area contributed by atoms with Gasteiger partial charge in [-0.1, -0.05) is 127 Å². The fourth-order valence-corrected chi connectivity index (χ4v) is 8.16. The Balaban J connectivity index is 1.08. The Morgan fingerprint density at radius 1 is 0.442 bits per heavy atom. The van der Waals surface area contributed by atoms with Crippen LogP contribution in [-0.2, 0) is 6.42 Å². The van der Waals surface area contributed by atoms with Crippen LogP contribution in [0.1, 0.15) is 16.7 Å². The maximum absolute atomic E-state index is 6.39. The number of hydrogen-bond acceptors (Lipinski definition) is 1. The maximum atomic E-state index is 6.39. The van der Waals surface area contributed by atoms with Gasteiger partial charge in [-0.05, 0) is 124 Å². The first-order valence-corrected chi connectivity index (χ1v) is 18.0. The second-order valence-corrected chi connectivity index (χ2v) is 13.7. The van der Waals surface area contributed by atoms with Crippen molar-refractivity contribution in [1.82, 2.24) is 4.57 Å². The van der Waals surface area contributed by atoms with Crippen LogP contribution in [0.5, 0.6) is 11.5 Å². The number of fused-ring (bicyclic) bond motifs is 6. The summed E-state index contributed by atoms with van der Waals surface area (Å²) in [6, 6.07) is 65.4. The second kappa shape index (κ2) is 12.3. The van der Waals surface area contributed by atoms with Crippen LogP contribution >= 0.6 is 0 Å². The predicted molar refractivity (Wildman–Crippen MR) is 217 cm³/mol. The Kier molecular flexibility index (Phi) is 7.14. The highest BCUT2D eigenvalue weighted by Gasteiger charge is 2.22. The summed E-state index contributed by atoms with van der Waals surface area (Å²) in [7, 11) is 0. The molecule has 1 aliphatic rings. The van der Waals surface area contributed by atoms with E-state index in [0.29, 0.717) is 0 Å². The summed E-state index contributed by atoms with van der Waals surface area (Å²) in [5, 5.41) is 2.48. The molecule has 0 unspecified atom stereocenters. The van der Waals surface area contributed by atoms with Crippen LogP contribution in [0.4, 0.5) is 0 Å². The van der Waals surface area contributed by atoms with E-state index in [0.717, 1.165) is 29.2 Å². The second-order valence-electron chi connectivity index (χ2n) is 13.7. The minimum Gasteiger partial charge on any atom is -0.457 e. The molecule has 9 aromatic rings. The highest BCUT2D eigenvalue weighted by molar-refractivity contribution is 6.10. The van der Waals surface area contributed by atoms with Crippen LogP contribution in [0.3, 0.4) is 0 Å². The Labute approximate surface area is 303 Å². The van der Waals surface area contributed by atoms with Gasteiger partial charge in [0, 0.05) is 22.0 Å². The molecule has 2 nitrogen and oxygen atoms in total. The van der Waals surface area contributed by atoms with Gasteiger partial charge >= 0.3 is 0 Å². The first-order valence-electron chi connectivity index (χ1n) is 18.0. The van der Waals surface area contributed by atoms with Gasteiger partial charge in [-0.2, -0.15) is 0 Å². The number of ether oxygens (including phenoxy) is 1. The molecule has 52 heavy (non-hydrogen) atoms. The maximum Gasteiger partial charge on any atom is 0.135 e. The molecule has 0 aliphatic heterocycles. The van der Waals surface area contributed by atoms with Crippen molar-refractivity contribution in [1.29, 1.82) is 0 Å². The van der Waals surface area contributed by atoms with Crippen molar-refractivity contribution in [2.24, 2.45) is 0 Å². The van der Waals surface area contributed by atoms with Crippen molar-refractivity contribution in [2.75, 3.05) is 0 Å². The van der Waals surface area contributed by atoms with E-state index in [1.165, 1.54) is 77.4 Å². The van der Waals surface area contributed by atoms with Gasteiger partial charge in [0.05, 0.1) is 11.0 Å². The van der Waals surface area contributed by atoms with E-state index in [4.69, 9.17) is 4.74 Å². The van der Waals surface area contributed by atoms with Crippen molar-refractivity contribution in [3.05, 3.63) is 199 Å². The average molecular weight is 666 g/mol. The first kappa shape index (κ1) is 30.2. The van der Waals surface area contributed by atoms with Crippen LogP contribution in [0.2, 0.25) is 0 Å². The standard InChI is InChI=1S/C50H35NO/c1-33-25-26-34(31-45(33)44-21-8-10-24-49(44)52-40-17-3-2-4-18-40)35-27-28-48-46(32-35)43-20-7-9-23-47(43)51(48)39-16-11-14-37(30-39)42-22-12-15-38-29-36-13-5-6-19-41(36)50(38)42/h2-28,30-32H,29H2,1H3. The number of hydrogen-bond donors (Lipinski definition) is 0. The lowest BCUT2D eigenvalue weighted by Gasteiger charge is -2.15. The molecule has 0 fully saturated rings. The molecular formula is C50H35NO. The van der Waals surface area contributed by atoms with Gasteiger partial charge in [0.25, 0.3) is 0 Å². The van der Waals surface area contributed by atoms with Gasteiger partial charge in [0.2, 0.25) is 0 Å². The molecule has 10 rings (SSSR count). The summed E-state index contributed by atoms with van der Waals surface area (Å²) < 4.78 is 8.81. The molecule has 2 heteroatoms. The lowest BCUT2D eigenvalue weighted by molar-refractivity contribution is 0.484. The van der Waals surface area contributed by atoms with Crippen molar-refractivity contribution >= 4 is 21.8 Å². The van der Waals surface area contributed by atoms with Crippen LogP contribution < -0.4 is 4.74 Å². The van der Waals surface area contributed by atoms with E-state index in [-0.39, 0.29) is 0 Å². The Morgan fingerprint density at radius 3 is 2.06 bits per heavy atom. The van der Waals surface area contributed by atoms with E-state index >= 15 is 0 Å². The summed E-state index contributed by atoms with van der Waals surface area (Å²) in [5.74, 6) is 1.67. The molecule has 8 aromatic carbocycles. The molecular weight excluding hydrogens is 631 g/mol. The van der Waals surface area contributed by atoms with Crippen molar-refractivity contribution in [3.63, 3.8) is 0 Å². The predicted octanol–water partition coefficient (Wildman–Crippen LogP) is 13.5. The molecule has 0 radical (unpaired) electrons. The van der Waals surface area contributed by atoms with Crippen molar-refractivity contribution in [2.45, 2.75) is 13.3 Å². The van der Waals surface area contributed by atoms with Crippen molar-refractivity contribution < 1.29 is 4.74 Å². The van der Waals surface area contributed by atoms with E-state index in [1.54, 1.807) is 0 Å². The molecule has 1 aromatic heterocycles. The summed E-state index contributed by atoms with van der Waals surface area (Å²) in [6.07, 6.45) is 0.991.